The second kappa shape index (κ2) is 6.59. The van der Waals surface area contributed by atoms with Gasteiger partial charge < -0.3 is 10.5 Å². The second-order valence-electron chi connectivity index (χ2n) is 5.09. The highest BCUT2D eigenvalue weighted by atomic mass is 32.2. The Hall–Kier alpha value is -1.71. The zero-order valence-electron chi connectivity index (χ0n) is 12.3. The number of nitrogens with two attached hydrogens (primary N) is 1. The lowest BCUT2D eigenvalue weighted by Crippen LogP contribution is -2.47. The van der Waals surface area contributed by atoms with Crippen LogP contribution in [0.4, 0.5) is 5.69 Å². The Kier molecular flexibility index (Phi) is 4.99. The molecule has 0 amide bonds. The minimum atomic E-state index is -3.80. The Labute approximate surface area is 129 Å². The highest BCUT2D eigenvalue weighted by Gasteiger charge is 2.35. The second-order valence-corrected chi connectivity index (χ2v) is 6.95. The number of ether oxygens (including phenoxy) is 1. The lowest BCUT2D eigenvalue weighted by Gasteiger charge is -2.34. The van der Waals surface area contributed by atoms with Crippen molar-refractivity contribution in [2.45, 2.75) is 30.2 Å². The predicted molar refractivity (Wildman–Crippen MR) is 80.2 cm³/mol. The third kappa shape index (κ3) is 3.06. The Balaban J connectivity index is 2.46. The van der Waals surface area contributed by atoms with Gasteiger partial charge in [-0.05, 0) is 18.9 Å². The van der Waals surface area contributed by atoms with Crippen LogP contribution in [0.5, 0.6) is 5.75 Å². The molecule has 122 valence electrons. The van der Waals surface area contributed by atoms with Crippen molar-refractivity contribution >= 4 is 15.7 Å². The van der Waals surface area contributed by atoms with E-state index in [0.29, 0.717) is 13.0 Å². The van der Waals surface area contributed by atoms with Crippen molar-refractivity contribution in [3.8, 4) is 5.75 Å². The summed E-state index contributed by atoms with van der Waals surface area (Å²) < 4.78 is 32.1. The van der Waals surface area contributed by atoms with Gasteiger partial charge in [0.1, 0.15) is 10.6 Å². The summed E-state index contributed by atoms with van der Waals surface area (Å²) in [5, 5.41) is 10.8. The van der Waals surface area contributed by atoms with Gasteiger partial charge in [-0.2, -0.15) is 4.31 Å². The fourth-order valence-electron chi connectivity index (χ4n) is 2.64. The molecule has 22 heavy (non-hydrogen) atoms. The van der Waals surface area contributed by atoms with Gasteiger partial charge in [0.15, 0.2) is 0 Å². The molecule has 0 spiro atoms. The molecule has 9 heteroatoms. The maximum absolute atomic E-state index is 12.8. The average Bonchev–Trinajstić information content (AvgIpc) is 2.53. The fourth-order valence-corrected chi connectivity index (χ4v) is 4.48. The fraction of sp³-hybridized carbons (Fsp3) is 0.538. The molecule has 1 fully saturated rings. The van der Waals surface area contributed by atoms with E-state index in [1.807, 2.05) is 0 Å². The van der Waals surface area contributed by atoms with E-state index in [-0.39, 0.29) is 28.9 Å². The van der Waals surface area contributed by atoms with Gasteiger partial charge in [-0.15, -0.1) is 0 Å². The van der Waals surface area contributed by atoms with Gasteiger partial charge in [-0.25, -0.2) is 8.42 Å². The van der Waals surface area contributed by atoms with Gasteiger partial charge >= 0.3 is 0 Å². The number of hydrogen-bond acceptors (Lipinski definition) is 6. The van der Waals surface area contributed by atoms with Crippen molar-refractivity contribution in [1.82, 2.24) is 4.31 Å². The van der Waals surface area contributed by atoms with E-state index in [2.05, 4.69) is 0 Å². The molecular formula is C13H19N3O5S. The molecule has 0 radical (unpaired) electrons. The van der Waals surface area contributed by atoms with Gasteiger partial charge in [0, 0.05) is 25.2 Å². The molecule has 0 aliphatic carbocycles. The largest absolute Gasteiger partial charge is 0.495 e. The smallest absolute Gasteiger partial charge is 0.273 e. The molecule has 1 aromatic carbocycles. The Morgan fingerprint density at radius 2 is 2.18 bits per heavy atom. The molecule has 0 bridgehead atoms. The SMILES string of the molecule is COc1cc([N+](=O)[O-])ccc1S(=O)(=O)N1CCCCC1CN. The van der Waals surface area contributed by atoms with Gasteiger partial charge in [0.05, 0.1) is 18.1 Å². The molecule has 1 atom stereocenters. The van der Waals surface area contributed by atoms with Crippen molar-refractivity contribution in [1.29, 1.82) is 0 Å². The van der Waals surface area contributed by atoms with E-state index in [4.69, 9.17) is 10.5 Å². The number of hydrogen-bond donors (Lipinski definition) is 1. The number of benzene rings is 1. The standard InChI is InChI=1S/C13H19N3O5S/c1-21-12-8-10(16(17)18)5-6-13(12)22(19,20)15-7-3-2-4-11(15)9-14/h5-6,8,11H,2-4,7,9,14H2,1H3. The highest BCUT2D eigenvalue weighted by Crippen LogP contribution is 2.33. The first kappa shape index (κ1) is 16.7. The van der Waals surface area contributed by atoms with E-state index in [1.54, 1.807) is 0 Å². The van der Waals surface area contributed by atoms with Crippen molar-refractivity contribution in [2.24, 2.45) is 5.73 Å². The monoisotopic (exact) mass is 329 g/mol. The maximum atomic E-state index is 12.8. The number of piperidine rings is 1. The maximum Gasteiger partial charge on any atom is 0.273 e. The van der Waals surface area contributed by atoms with E-state index in [1.165, 1.54) is 17.5 Å². The van der Waals surface area contributed by atoms with E-state index >= 15 is 0 Å². The normalized spacial score (nSPS) is 19.8. The molecule has 1 saturated heterocycles. The summed E-state index contributed by atoms with van der Waals surface area (Å²) in [5.41, 5.74) is 5.46. The molecular weight excluding hydrogens is 310 g/mol. The molecule has 8 nitrogen and oxygen atoms in total. The summed E-state index contributed by atoms with van der Waals surface area (Å²) in [4.78, 5) is 10.1. The Morgan fingerprint density at radius 3 is 2.77 bits per heavy atom. The van der Waals surface area contributed by atoms with Crippen molar-refractivity contribution < 1.29 is 18.1 Å². The average molecular weight is 329 g/mol. The van der Waals surface area contributed by atoms with Crippen LogP contribution in [0.3, 0.4) is 0 Å². The molecule has 2 rings (SSSR count). The predicted octanol–water partition coefficient (Wildman–Crippen LogP) is 1.11. The Bertz CT molecular complexity index is 662. The number of nitro groups is 1. The summed E-state index contributed by atoms with van der Waals surface area (Å²) >= 11 is 0. The minimum absolute atomic E-state index is 0.0319. The number of sulfonamides is 1. The summed E-state index contributed by atoms with van der Waals surface area (Å²) in [6.45, 7) is 0.638. The van der Waals surface area contributed by atoms with Crippen LogP contribution in [0.1, 0.15) is 19.3 Å². The van der Waals surface area contributed by atoms with Gasteiger partial charge in [0.25, 0.3) is 5.69 Å². The zero-order valence-corrected chi connectivity index (χ0v) is 13.1. The number of nitrogens with zero attached hydrogens (tertiary/aromatic N) is 2. The molecule has 1 aliphatic rings. The van der Waals surface area contributed by atoms with E-state index < -0.39 is 14.9 Å². The Morgan fingerprint density at radius 1 is 1.45 bits per heavy atom. The third-order valence-electron chi connectivity index (χ3n) is 3.79. The summed E-state index contributed by atoms with van der Waals surface area (Å²) in [6.07, 6.45) is 2.42. The van der Waals surface area contributed by atoms with Crippen LogP contribution in [0, 0.1) is 10.1 Å². The van der Waals surface area contributed by atoms with Crippen LogP contribution in [-0.4, -0.2) is 43.9 Å². The van der Waals surface area contributed by atoms with E-state index in [0.717, 1.165) is 25.0 Å². The van der Waals surface area contributed by atoms with Crippen molar-refractivity contribution in [3.05, 3.63) is 28.3 Å². The first-order chi connectivity index (χ1) is 10.4. The van der Waals surface area contributed by atoms with Crippen LogP contribution in [0.25, 0.3) is 0 Å². The summed E-state index contributed by atoms with van der Waals surface area (Å²) in [7, 11) is -2.52. The lowest BCUT2D eigenvalue weighted by atomic mass is 10.1. The first-order valence-corrected chi connectivity index (χ1v) is 8.40. The highest BCUT2D eigenvalue weighted by molar-refractivity contribution is 7.89. The number of non-ortho nitro benzene ring substituents is 1. The van der Waals surface area contributed by atoms with Gasteiger partial charge in [0.2, 0.25) is 10.0 Å². The third-order valence-corrected chi connectivity index (χ3v) is 5.78. The minimum Gasteiger partial charge on any atom is -0.495 e. The van der Waals surface area contributed by atoms with Crippen LogP contribution in [0.2, 0.25) is 0 Å². The quantitative estimate of drug-likeness (QED) is 0.639. The summed E-state index contributed by atoms with van der Waals surface area (Å²) in [6, 6.07) is 3.25. The first-order valence-electron chi connectivity index (χ1n) is 6.96. The van der Waals surface area contributed by atoms with Gasteiger partial charge in [-0.3, -0.25) is 10.1 Å². The molecule has 1 aromatic rings. The van der Waals surface area contributed by atoms with Crippen LogP contribution >= 0.6 is 0 Å². The van der Waals surface area contributed by atoms with Crippen molar-refractivity contribution in [2.75, 3.05) is 20.2 Å². The van der Waals surface area contributed by atoms with E-state index in [9.17, 15) is 18.5 Å². The molecule has 0 saturated carbocycles. The lowest BCUT2D eigenvalue weighted by molar-refractivity contribution is -0.385. The van der Waals surface area contributed by atoms with Crippen molar-refractivity contribution in [3.63, 3.8) is 0 Å². The zero-order chi connectivity index (χ0) is 16.3. The van der Waals surface area contributed by atoms with Crippen LogP contribution in [-0.2, 0) is 10.0 Å². The number of rotatable bonds is 5. The molecule has 1 aliphatic heterocycles. The number of nitro benzene ring substituents is 1. The molecule has 2 N–H and O–H groups in total. The molecule has 1 unspecified atom stereocenters. The number of methoxy groups -OCH3 is 1. The topological polar surface area (TPSA) is 116 Å². The van der Waals surface area contributed by atoms with Crippen LogP contribution < -0.4 is 10.5 Å². The van der Waals surface area contributed by atoms with Gasteiger partial charge in [-0.1, -0.05) is 6.42 Å². The summed E-state index contributed by atoms with van der Waals surface area (Å²) in [5.74, 6) is -0.0319. The molecule has 0 aromatic heterocycles. The van der Waals surface area contributed by atoms with Crippen LogP contribution in [0.15, 0.2) is 23.1 Å². The molecule has 1 heterocycles.